The van der Waals surface area contributed by atoms with E-state index in [0.29, 0.717) is 5.92 Å². The second kappa shape index (κ2) is 9.34. The molecular weight excluding hydrogens is 282 g/mol. The van der Waals surface area contributed by atoms with Gasteiger partial charge in [-0.05, 0) is 42.2 Å². The molecule has 1 aromatic carbocycles. The molecule has 0 amide bonds. The van der Waals surface area contributed by atoms with Crippen molar-refractivity contribution in [2.75, 3.05) is 7.11 Å². The van der Waals surface area contributed by atoms with Crippen molar-refractivity contribution in [3.8, 4) is 5.75 Å². The summed E-state index contributed by atoms with van der Waals surface area (Å²) in [6.07, 6.45) is 9.82. The van der Waals surface area contributed by atoms with Crippen molar-refractivity contribution in [2.24, 2.45) is 0 Å². The minimum Gasteiger partial charge on any atom is -0.497 e. The van der Waals surface area contributed by atoms with Crippen molar-refractivity contribution in [1.82, 2.24) is 4.98 Å². The maximum absolute atomic E-state index is 5.22. The highest BCUT2D eigenvalue weighted by molar-refractivity contribution is 5.33. The number of aryl methyl sites for hydroxylation is 1. The van der Waals surface area contributed by atoms with Crippen LogP contribution in [0.2, 0.25) is 0 Å². The Balaban J connectivity index is 1.90. The van der Waals surface area contributed by atoms with Crippen LogP contribution in [-0.4, -0.2) is 12.1 Å². The molecule has 0 saturated heterocycles. The van der Waals surface area contributed by atoms with Gasteiger partial charge in [0.15, 0.2) is 0 Å². The first-order valence-electron chi connectivity index (χ1n) is 8.83. The van der Waals surface area contributed by atoms with Crippen LogP contribution in [0.1, 0.15) is 68.7 Å². The molecule has 1 atom stereocenters. The maximum Gasteiger partial charge on any atom is 0.118 e. The summed E-state index contributed by atoms with van der Waals surface area (Å²) in [4.78, 5) is 4.68. The van der Waals surface area contributed by atoms with Crippen LogP contribution in [0.5, 0.6) is 5.75 Å². The molecule has 0 aliphatic rings. The van der Waals surface area contributed by atoms with Crippen LogP contribution in [0.25, 0.3) is 0 Å². The van der Waals surface area contributed by atoms with Gasteiger partial charge in [-0.25, -0.2) is 0 Å². The molecule has 0 aliphatic heterocycles. The molecule has 0 fully saturated rings. The third kappa shape index (κ3) is 5.38. The molecule has 1 unspecified atom stereocenters. The van der Waals surface area contributed by atoms with Crippen LogP contribution in [0.15, 0.2) is 42.6 Å². The van der Waals surface area contributed by atoms with Gasteiger partial charge in [0, 0.05) is 17.8 Å². The average molecular weight is 311 g/mol. The van der Waals surface area contributed by atoms with E-state index in [0.717, 1.165) is 17.9 Å². The third-order valence-electron chi connectivity index (χ3n) is 4.48. The predicted octanol–water partition coefficient (Wildman–Crippen LogP) is 5.75. The number of ether oxygens (including phenoxy) is 1. The van der Waals surface area contributed by atoms with E-state index in [1.54, 1.807) is 7.11 Å². The molecule has 2 heteroatoms. The third-order valence-corrected chi connectivity index (χ3v) is 4.48. The molecule has 0 radical (unpaired) electrons. The first-order chi connectivity index (χ1) is 11.2. The van der Waals surface area contributed by atoms with Crippen LogP contribution in [-0.2, 0) is 6.42 Å². The monoisotopic (exact) mass is 311 g/mol. The summed E-state index contributed by atoms with van der Waals surface area (Å²) < 4.78 is 5.22. The molecular formula is C21H29NO. The number of pyridine rings is 1. The van der Waals surface area contributed by atoms with E-state index in [1.165, 1.54) is 43.2 Å². The lowest BCUT2D eigenvalue weighted by Gasteiger charge is -2.12. The quantitative estimate of drug-likeness (QED) is 0.550. The zero-order valence-electron chi connectivity index (χ0n) is 14.7. The molecule has 23 heavy (non-hydrogen) atoms. The number of aromatic nitrogens is 1. The summed E-state index contributed by atoms with van der Waals surface area (Å²) in [5.41, 5.74) is 3.75. The Morgan fingerprint density at radius 2 is 1.70 bits per heavy atom. The lowest BCUT2D eigenvalue weighted by atomic mass is 9.96. The molecule has 0 spiro atoms. The number of unbranched alkanes of at least 4 members (excludes halogenated alkanes) is 4. The lowest BCUT2D eigenvalue weighted by molar-refractivity contribution is 0.414. The Labute approximate surface area is 140 Å². The van der Waals surface area contributed by atoms with Gasteiger partial charge in [-0.3, -0.25) is 4.98 Å². The molecule has 0 saturated carbocycles. The van der Waals surface area contributed by atoms with Gasteiger partial charge in [0.1, 0.15) is 5.75 Å². The highest BCUT2D eigenvalue weighted by Crippen LogP contribution is 2.24. The van der Waals surface area contributed by atoms with E-state index in [2.05, 4.69) is 49.3 Å². The summed E-state index contributed by atoms with van der Waals surface area (Å²) >= 11 is 0. The van der Waals surface area contributed by atoms with Gasteiger partial charge in [-0.15, -0.1) is 0 Å². The summed E-state index contributed by atoms with van der Waals surface area (Å²) in [6.45, 7) is 4.46. The lowest BCUT2D eigenvalue weighted by Crippen LogP contribution is -2.00. The number of benzene rings is 1. The smallest absolute Gasteiger partial charge is 0.118 e. The normalized spacial score (nSPS) is 12.1. The Morgan fingerprint density at radius 1 is 0.957 bits per heavy atom. The van der Waals surface area contributed by atoms with Crippen LogP contribution < -0.4 is 4.74 Å². The van der Waals surface area contributed by atoms with Crippen molar-refractivity contribution in [2.45, 2.75) is 58.3 Å². The molecule has 0 aliphatic carbocycles. The van der Waals surface area contributed by atoms with Crippen molar-refractivity contribution in [3.05, 3.63) is 59.4 Å². The SMILES string of the molecule is CCCCCCCc1ccc(C(C)c2ccc(OC)cc2)nc1. The largest absolute Gasteiger partial charge is 0.497 e. The fraction of sp³-hybridized carbons (Fsp3) is 0.476. The number of hydrogen-bond acceptors (Lipinski definition) is 2. The fourth-order valence-corrected chi connectivity index (χ4v) is 2.84. The van der Waals surface area contributed by atoms with Crippen molar-refractivity contribution in [1.29, 1.82) is 0 Å². The first-order valence-corrected chi connectivity index (χ1v) is 8.83. The fourth-order valence-electron chi connectivity index (χ4n) is 2.84. The topological polar surface area (TPSA) is 22.1 Å². The number of rotatable bonds is 9. The molecule has 0 bridgehead atoms. The molecule has 2 aromatic rings. The van der Waals surface area contributed by atoms with Crippen molar-refractivity contribution in [3.63, 3.8) is 0 Å². The highest BCUT2D eigenvalue weighted by Gasteiger charge is 2.10. The Hall–Kier alpha value is -1.83. The van der Waals surface area contributed by atoms with E-state index in [1.807, 2.05) is 12.1 Å². The summed E-state index contributed by atoms with van der Waals surface area (Å²) in [6, 6.07) is 12.7. The van der Waals surface area contributed by atoms with Gasteiger partial charge in [-0.1, -0.05) is 57.7 Å². The van der Waals surface area contributed by atoms with E-state index in [4.69, 9.17) is 4.74 Å². The minimum atomic E-state index is 0.305. The predicted molar refractivity (Wildman–Crippen MR) is 97.2 cm³/mol. The van der Waals surface area contributed by atoms with Gasteiger partial charge >= 0.3 is 0 Å². The van der Waals surface area contributed by atoms with Crippen molar-refractivity contribution >= 4 is 0 Å². The Kier molecular flexibility index (Phi) is 7.12. The highest BCUT2D eigenvalue weighted by atomic mass is 16.5. The second-order valence-corrected chi connectivity index (χ2v) is 6.25. The average Bonchev–Trinajstić information content (AvgIpc) is 2.61. The van der Waals surface area contributed by atoms with Gasteiger partial charge in [0.05, 0.1) is 7.11 Å². The zero-order valence-corrected chi connectivity index (χ0v) is 14.7. The first kappa shape index (κ1) is 17.5. The molecule has 2 nitrogen and oxygen atoms in total. The summed E-state index contributed by atoms with van der Waals surface area (Å²) in [7, 11) is 1.70. The van der Waals surface area contributed by atoms with Crippen LogP contribution in [0.4, 0.5) is 0 Å². The minimum absolute atomic E-state index is 0.305. The van der Waals surface area contributed by atoms with E-state index >= 15 is 0 Å². The summed E-state index contributed by atoms with van der Waals surface area (Å²) in [5.74, 6) is 1.20. The zero-order chi connectivity index (χ0) is 16.5. The Morgan fingerprint density at radius 3 is 2.30 bits per heavy atom. The standard InChI is InChI=1S/C21H29NO/c1-4-5-6-7-8-9-18-10-15-21(22-16-18)17(2)19-11-13-20(23-3)14-12-19/h10-17H,4-9H2,1-3H3. The van der Waals surface area contributed by atoms with E-state index in [9.17, 15) is 0 Å². The van der Waals surface area contributed by atoms with Crippen LogP contribution in [0.3, 0.4) is 0 Å². The molecule has 2 rings (SSSR count). The molecule has 1 aromatic heterocycles. The number of nitrogens with zero attached hydrogens (tertiary/aromatic N) is 1. The number of methoxy groups -OCH3 is 1. The second-order valence-electron chi connectivity index (χ2n) is 6.25. The Bertz CT molecular complexity index is 559. The van der Waals surface area contributed by atoms with Crippen LogP contribution >= 0.6 is 0 Å². The van der Waals surface area contributed by atoms with E-state index in [-0.39, 0.29) is 0 Å². The van der Waals surface area contributed by atoms with Gasteiger partial charge in [0.2, 0.25) is 0 Å². The number of hydrogen-bond donors (Lipinski definition) is 0. The molecule has 1 heterocycles. The van der Waals surface area contributed by atoms with Gasteiger partial charge < -0.3 is 4.74 Å². The van der Waals surface area contributed by atoms with Gasteiger partial charge in [-0.2, -0.15) is 0 Å². The maximum atomic E-state index is 5.22. The van der Waals surface area contributed by atoms with Crippen LogP contribution in [0, 0.1) is 0 Å². The molecule has 124 valence electrons. The van der Waals surface area contributed by atoms with Gasteiger partial charge in [0.25, 0.3) is 0 Å². The molecule has 0 N–H and O–H groups in total. The van der Waals surface area contributed by atoms with Crippen molar-refractivity contribution < 1.29 is 4.74 Å². The van der Waals surface area contributed by atoms with E-state index < -0.39 is 0 Å². The summed E-state index contributed by atoms with van der Waals surface area (Å²) in [5, 5.41) is 0.